The number of hydrogen-bond donors (Lipinski definition) is 1. The number of nitrogens with one attached hydrogen (secondary N) is 1. The lowest BCUT2D eigenvalue weighted by atomic mass is 10.1. The summed E-state index contributed by atoms with van der Waals surface area (Å²) in [6.45, 7) is 8.36. The van der Waals surface area contributed by atoms with E-state index in [1.165, 1.54) is 0 Å². The van der Waals surface area contributed by atoms with Crippen molar-refractivity contribution in [3.05, 3.63) is 53.0 Å². The number of furan rings is 1. The Kier molecular flexibility index (Phi) is 5.26. The smallest absolute Gasteiger partial charge is 0.287 e. The van der Waals surface area contributed by atoms with E-state index in [2.05, 4.69) is 11.4 Å². The van der Waals surface area contributed by atoms with E-state index in [1.54, 1.807) is 12.1 Å². The molecule has 4 heteroatoms. The SMILES string of the molecule is CCC(C)NC(=O)c1ccc(COc2cc(C)cc(C)c2)o1. The van der Waals surface area contributed by atoms with Crippen LogP contribution in [0, 0.1) is 13.8 Å². The lowest BCUT2D eigenvalue weighted by molar-refractivity contribution is 0.0907. The van der Waals surface area contributed by atoms with Crippen LogP contribution in [0.15, 0.2) is 34.7 Å². The van der Waals surface area contributed by atoms with E-state index in [4.69, 9.17) is 9.15 Å². The van der Waals surface area contributed by atoms with Crippen molar-refractivity contribution in [3.8, 4) is 5.75 Å². The predicted molar refractivity (Wildman–Crippen MR) is 86.2 cm³/mol. The highest BCUT2D eigenvalue weighted by atomic mass is 16.5. The molecular formula is C18H23NO3. The summed E-state index contributed by atoms with van der Waals surface area (Å²) in [4.78, 5) is 11.9. The Balaban J connectivity index is 1.96. The van der Waals surface area contributed by atoms with Gasteiger partial charge in [0, 0.05) is 6.04 Å². The first kappa shape index (κ1) is 16.1. The van der Waals surface area contributed by atoms with Gasteiger partial charge in [-0.25, -0.2) is 0 Å². The van der Waals surface area contributed by atoms with Crippen molar-refractivity contribution in [3.63, 3.8) is 0 Å². The first-order valence-electron chi connectivity index (χ1n) is 7.58. The van der Waals surface area contributed by atoms with Crippen LogP contribution in [0.3, 0.4) is 0 Å². The maximum absolute atomic E-state index is 11.9. The minimum Gasteiger partial charge on any atom is -0.486 e. The van der Waals surface area contributed by atoms with Gasteiger partial charge in [-0.2, -0.15) is 0 Å². The molecule has 0 fully saturated rings. The molecule has 1 aromatic carbocycles. The van der Waals surface area contributed by atoms with E-state index in [-0.39, 0.29) is 11.9 Å². The zero-order valence-electron chi connectivity index (χ0n) is 13.6. The van der Waals surface area contributed by atoms with Gasteiger partial charge in [0.1, 0.15) is 18.1 Å². The molecule has 0 bridgehead atoms. The average molecular weight is 301 g/mol. The Morgan fingerprint density at radius 1 is 1.23 bits per heavy atom. The van der Waals surface area contributed by atoms with Crippen LogP contribution in [-0.2, 0) is 6.61 Å². The van der Waals surface area contributed by atoms with Crippen LogP contribution in [0.2, 0.25) is 0 Å². The number of benzene rings is 1. The second-order valence-corrected chi connectivity index (χ2v) is 5.66. The fraction of sp³-hybridized carbons (Fsp3) is 0.389. The summed E-state index contributed by atoms with van der Waals surface area (Å²) in [5.74, 6) is 1.57. The molecule has 2 aromatic rings. The Labute approximate surface area is 131 Å². The second kappa shape index (κ2) is 7.16. The number of rotatable bonds is 6. The van der Waals surface area contributed by atoms with E-state index >= 15 is 0 Å². The van der Waals surface area contributed by atoms with Crippen LogP contribution in [-0.4, -0.2) is 11.9 Å². The minimum atomic E-state index is -0.188. The summed E-state index contributed by atoms with van der Waals surface area (Å²) in [6, 6.07) is 9.63. The molecule has 4 nitrogen and oxygen atoms in total. The molecule has 1 heterocycles. The van der Waals surface area contributed by atoms with Gasteiger partial charge in [-0.15, -0.1) is 0 Å². The highest BCUT2D eigenvalue weighted by molar-refractivity contribution is 5.91. The maximum Gasteiger partial charge on any atom is 0.287 e. The maximum atomic E-state index is 11.9. The van der Waals surface area contributed by atoms with Gasteiger partial charge < -0.3 is 14.5 Å². The van der Waals surface area contributed by atoms with Crippen LogP contribution in [0.5, 0.6) is 5.75 Å². The lowest BCUT2D eigenvalue weighted by Gasteiger charge is -2.09. The van der Waals surface area contributed by atoms with E-state index in [9.17, 15) is 4.79 Å². The highest BCUT2D eigenvalue weighted by Crippen LogP contribution is 2.18. The van der Waals surface area contributed by atoms with Gasteiger partial charge in [-0.3, -0.25) is 4.79 Å². The summed E-state index contributed by atoms with van der Waals surface area (Å²) in [5, 5.41) is 2.87. The van der Waals surface area contributed by atoms with Crippen molar-refractivity contribution < 1.29 is 13.9 Å². The molecule has 0 radical (unpaired) electrons. The van der Waals surface area contributed by atoms with Gasteiger partial charge in [0.05, 0.1) is 0 Å². The molecule has 0 aliphatic carbocycles. The van der Waals surface area contributed by atoms with Crippen molar-refractivity contribution in [1.82, 2.24) is 5.32 Å². The second-order valence-electron chi connectivity index (χ2n) is 5.66. The van der Waals surface area contributed by atoms with Crippen LogP contribution in [0.4, 0.5) is 0 Å². The molecule has 0 spiro atoms. The van der Waals surface area contributed by atoms with Gasteiger partial charge in [0.15, 0.2) is 5.76 Å². The van der Waals surface area contributed by atoms with Crippen molar-refractivity contribution in [1.29, 1.82) is 0 Å². The molecule has 0 aliphatic heterocycles. The van der Waals surface area contributed by atoms with Crippen LogP contribution in [0.25, 0.3) is 0 Å². The predicted octanol–water partition coefficient (Wildman–Crippen LogP) is 4.00. The molecule has 1 aromatic heterocycles. The Hall–Kier alpha value is -2.23. The molecule has 2 rings (SSSR count). The lowest BCUT2D eigenvalue weighted by Crippen LogP contribution is -2.31. The van der Waals surface area contributed by atoms with Gasteiger partial charge in [0.25, 0.3) is 5.91 Å². The first-order valence-corrected chi connectivity index (χ1v) is 7.58. The zero-order chi connectivity index (χ0) is 16.1. The normalized spacial score (nSPS) is 12.0. The molecule has 0 saturated heterocycles. The van der Waals surface area contributed by atoms with E-state index in [0.29, 0.717) is 18.1 Å². The van der Waals surface area contributed by atoms with Crippen LogP contribution >= 0.6 is 0 Å². The number of carbonyl (C=O) groups is 1. The van der Waals surface area contributed by atoms with Gasteiger partial charge in [-0.1, -0.05) is 13.0 Å². The molecule has 118 valence electrons. The molecule has 1 N–H and O–H groups in total. The molecular weight excluding hydrogens is 278 g/mol. The standard InChI is InChI=1S/C18H23NO3/c1-5-14(4)19-18(20)17-7-6-15(22-17)11-21-16-9-12(2)8-13(3)10-16/h6-10,14H,5,11H2,1-4H3,(H,19,20). The minimum absolute atomic E-state index is 0.132. The van der Waals surface area contributed by atoms with Crippen LogP contribution < -0.4 is 10.1 Å². The van der Waals surface area contributed by atoms with E-state index in [1.807, 2.05) is 39.8 Å². The summed E-state index contributed by atoms with van der Waals surface area (Å²) >= 11 is 0. The van der Waals surface area contributed by atoms with E-state index in [0.717, 1.165) is 23.3 Å². The fourth-order valence-corrected chi connectivity index (χ4v) is 2.15. The third-order valence-corrected chi connectivity index (χ3v) is 3.45. The third kappa shape index (κ3) is 4.38. The largest absolute Gasteiger partial charge is 0.486 e. The monoisotopic (exact) mass is 301 g/mol. The number of aryl methyl sites for hydroxylation is 2. The molecule has 1 atom stereocenters. The van der Waals surface area contributed by atoms with Crippen molar-refractivity contribution >= 4 is 5.91 Å². The summed E-state index contributed by atoms with van der Waals surface area (Å²) < 4.78 is 11.3. The fourth-order valence-electron chi connectivity index (χ4n) is 2.15. The van der Waals surface area contributed by atoms with Gasteiger partial charge in [0.2, 0.25) is 0 Å². The van der Waals surface area contributed by atoms with Crippen molar-refractivity contribution in [2.24, 2.45) is 0 Å². The van der Waals surface area contributed by atoms with Gasteiger partial charge >= 0.3 is 0 Å². The number of ether oxygens (including phenoxy) is 1. The van der Waals surface area contributed by atoms with Crippen LogP contribution in [0.1, 0.15) is 47.7 Å². The molecule has 22 heavy (non-hydrogen) atoms. The summed E-state index contributed by atoms with van der Waals surface area (Å²) in [5.41, 5.74) is 2.31. The molecule has 0 aliphatic rings. The molecule has 1 unspecified atom stereocenters. The van der Waals surface area contributed by atoms with Crippen molar-refractivity contribution in [2.45, 2.75) is 46.8 Å². The quantitative estimate of drug-likeness (QED) is 0.877. The first-order chi connectivity index (χ1) is 10.5. The summed E-state index contributed by atoms with van der Waals surface area (Å²) in [7, 11) is 0. The van der Waals surface area contributed by atoms with E-state index < -0.39 is 0 Å². The molecule has 0 saturated carbocycles. The topological polar surface area (TPSA) is 51.5 Å². The number of hydrogen-bond acceptors (Lipinski definition) is 3. The Bertz CT molecular complexity index is 625. The highest BCUT2D eigenvalue weighted by Gasteiger charge is 2.13. The number of amides is 1. The molecule has 1 amide bonds. The zero-order valence-corrected chi connectivity index (χ0v) is 13.6. The summed E-state index contributed by atoms with van der Waals surface area (Å²) in [6.07, 6.45) is 0.884. The third-order valence-electron chi connectivity index (χ3n) is 3.45. The Morgan fingerprint density at radius 3 is 2.55 bits per heavy atom. The van der Waals surface area contributed by atoms with Gasteiger partial charge in [-0.05, 0) is 62.6 Å². The average Bonchev–Trinajstić information content (AvgIpc) is 2.93. The number of carbonyl (C=O) groups excluding carboxylic acids is 1. The van der Waals surface area contributed by atoms with Crippen molar-refractivity contribution in [2.75, 3.05) is 0 Å². The Morgan fingerprint density at radius 2 is 1.91 bits per heavy atom.